The molecule has 2 aliphatic rings. The summed E-state index contributed by atoms with van der Waals surface area (Å²) in [6, 6.07) is 0. The molecule has 14 heavy (non-hydrogen) atoms. The molecule has 0 aromatic rings. The van der Waals surface area contributed by atoms with Crippen molar-refractivity contribution in [3.8, 4) is 0 Å². The maximum absolute atomic E-state index is 12.9. The van der Waals surface area contributed by atoms with Gasteiger partial charge in [-0.05, 0) is 30.3 Å². The first-order chi connectivity index (χ1) is 6.75. The lowest BCUT2D eigenvalue weighted by molar-refractivity contribution is 0.320. The van der Waals surface area contributed by atoms with Gasteiger partial charge in [-0.1, -0.05) is 38.0 Å². The number of allylic oxidation sites excluding steroid dienone is 4. The van der Waals surface area contributed by atoms with Gasteiger partial charge in [0.2, 0.25) is 0 Å². The summed E-state index contributed by atoms with van der Waals surface area (Å²) >= 11 is 0. The zero-order chi connectivity index (χ0) is 9.97. The highest BCUT2D eigenvalue weighted by Crippen LogP contribution is 2.34. The van der Waals surface area contributed by atoms with Crippen LogP contribution in [0.25, 0.3) is 0 Å². The van der Waals surface area contributed by atoms with Crippen LogP contribution >= 0.6 is 0 Å². The number of halogens is 1. The fourth-order valence-electron chi connectivity index (χ4n) is 2.51. The molecule has 0 aliphatic heterocycles. The normalized spacial score (nSPS) is 38.1. The molecule has 0 spiro atoms. The monoisotopic (exact) mass is 194 g/mol. The van der Waals surface area contributed by atoms with E-state index in [1.54, 1.807) is 6.08 Å². The molecule has 0 bridgehead atoms. The van der Waals surface area contributed by atoms with Crippen LogP contribution in [0.5, 0.6) is 0 Å². The minimum absolute atomic E-state index is 0.595. The lowest BCUT2D eigenvalue weighted by Crippen LogP contribution is -2.15. The Morgan fingerprint density at radius 2 is 1.93 bits per heavy atom. The van der Waals surface area contributed by atoms with Crippen LogP contribution in [0, 0.1) is 11.8 Å². The van der Waals surface area contributed by atoms with Crippen molar-refractivity contribution in [1.82, 2.24) is 0 Å². The molecule has 0 N–H and O–H groups in total. The molecule has 2 rings (SSSR count). The molecule has 1 saturated carbocycles. The van der Waals surface area contributed by atoms with E-state index >= 15 is 0 Å². The van der Waals surface area contributed by atoms with Gasteiger partial charge in [-0.25, -0.2) is 4.39 Å². The summed E-state index contributed by atoms with van der Waals surface area (Å²) in [5, 5.41) is 0. The third kappa shape index (κ3) is 2.26. The lowest BCUT2D eigenvalue weighted by Gasteiger charge is -2.28. The van der Waals surface area contributed by atoms with E-state index in [1.807, 2.05) is 6.08 Å². The van der Waals surface area contributed by atoms with E-state index in [0.717, 1.165) is 11.8 Å². The molecule has 1 unspecified atom stereocenters. The molecular formula is C13H19F. The largest absolute Gasteiger partial charge is 0.243 e. The van der Waals surface area contributed by atoms with Gasteiger partial charge in [0.05, 0.1) is 0 Å². The standard InChI is InChI=1S/C13H19F/c1-10-2-4-11(5-3-10)12-6-8-13(14)9-7-12/h6-8,10-11,13H,2-5,9H2,1H3. The zero-order valence-corrected chi connectivity index (χ0v) is 8.88. The predicted octanol–water partition coefficient (Wildman–Crippen LogP) is 4.04. The Balaban J connectivity index is 1.93. The van der Waals surface area contributed by atoms with Gasteiger partial charge in [0.15, 0.2) is 0 Å². The molecule has 0 radical (unpaired) electrons. The van der Waals surface area contributed by atoms with E-state index in [0.29, 0.717) is 6.42 Å². The average molecular weight is 194 g/mol. The van der Waals surface area contributed by atoms with Gasteiger partial charge in [0.25, 0.3) is 0 Å². The molecule has 0 aromatic carbocycles. The summed E-state index contributed by atoms with van der Waals surface area (Å²) < 4.78 is 12.9. The van der Waals surface area contributed by atoms with Crippen LogP contribution in [0.15, 0.2) is 23.8 Å². The van der Waals surface area contributed by atoms with E-state index in [4.69, 9.17) is 0 Å². The molecule has 1 fully saturated rings. The quantitative estimate of drug-likeness (QED) is 0.591. The second kappa shape index (κ2) is 4.29. The van der Waals surface area contributed by atoms with E-state index in [1.165, 1.54) is 31.3 Å². The highest BCUT2D eigenvalue weighted by molar-refractivity contribution is 5.27. The van der Waals surface area contributed by atoms with E-state index in [2.05, 4.69) is 13.0 Å². The predicted molar refractivity (Wildman–Crippen MR) is 57.9 cm³/mol. The van der Waals surface area contributed by atoms with Gasteiger partial charge in [0.1, 0.15) is 6.17 Å². The number of rotatable bonds is 1. The Morgan fingerprint density at radius 3 is 2.50 bits per heavy atom. The Kier molecular flexibility index (Phi) is 3.05. The summed E-state index contributed by atoms with van der Waals surface area (Å²) in [6.45, 7) is 2.33. The lowest BCUT2D eigenvalue weighted by atomic mass is 9.78. The Hall–Kier alpha value is -0.590. The third-order valence-electron chi connectivity index (χ3n) is 3.56. The van der Waals surface area contributed by atoms with Crippen molar-refractivity contribution in [2.75, 3.05) is 0 Å². The van der Waals surface area contributed by atoms with E-state index < -0.39 is 6.17 Å². The van der Waals surface area contributed by atoms with Crippen molar-refractivity contribution in [3.05, 3.63) is 23.8 Å². The van der Waals surface area contributed by atoms with Crippen LogP contribution in [-0.4, -0.2) is 6.17 Å². The first-order valence-electron chi connectivity index (χ1n) is 5.78. The topological polar surface area (TPSA) is 0 Å². The van der Waals surface area contributed by atoms with Crippen molar-refractivity contribution < 1.29 is 4.39 Å². The van der Waals surface area contributed by atoms with Gasteiger partial charge in [-0.2, -0.15) is 0 Å². The molecule has 0 amide bonds. The molecule has 2 aliphatic carbocycles. The van der Waals surface area contributed by atoms with E-state index in [-0.39, 0.29) is 0 Å². The minimum atomic E-state index is -0.735. The van der Waals surface area contributed by atoms with Crippen molar-refractivity contribution in [2.24, 2.45) is 11.8 Å². The van der Waals surface area contributed by atoms with Gasteiger partial charge in [0, 0.05) is 6.42 Å². The molecule has 1 heteroatoms. The maximum atomic E-state index is 12.9. The molecule has 0 nitrogen and oxygen atoms in total. The van der Waals surface area contributed by atoms with Crippen LogP contribution in [-0.2, 0) is 0 Å². The fraction of sp³-hybridized carbons (Fsp3) is 0.692. The molecular weight excluding hydrogens is 175 g/mol. The molecule has 1 atom stereocenters. The van der Waals surface area contributed by atoms with Crippen LogP contribution in [0.3, 0.4) is 0 Å². The van der Waals surface area contributed by atoms with Crippen LogP contribution in [0.1, 0.15) is 39.0 Å². The fourth-order valence-corrected chi connectivity index (χ4v) is 2.51. The van der Waals surface area contributed by atoms with Crippen LogP contribution in [0.4, 0.5) is 4.39 Å². The second-order valence-electron chi connectivity index (χ2n) is 4.77. The highest BCUT2D eigenvalue weighted by Gasteiger charge is 2.21. The van der Waals surface area contributed by atoms with Gasteiger partial charge < -0.3 is 0 Å². The smallest absolute Gasteiger partial charge is 0.122 e. The summed E-state index contributed by atoms with van der Waals surface area (Å²) in [4.78, 5) is 0. The first kappa shape index (κ1) is 9.95. The Bertz CT molecular complexity index is 244. The molecule has 0 heterocycles. The van der Waals surface area contributed by atoms with Gasteiger partial charge >= 0.3 is 0 Å². The third-order valence-corrected chi connectivity index (χ3v) is 3.56. The molecule has 0 aromatic heterocycles. The second-order valence-corrected chi connectivity index (χ2v) is 4.77. The Morgan fingerprint density at radius 1 is 1.21 bits per heavy atom. The van der Waals surface area contributed by atoms with Crippen LogP contribution in [0.2, 0.25) is 0 Å². The number of hydrogen-bond donors (Lipinski definition) is 0. The van der Waals surface area contributed by atoms with Crippen molar-refractivity contribution >= 4 is 0 Å². The van der Waals surface area contributed by atoms with Crippen molar-refractivity contribution in [3.63, 3.8) is 0 Å². The molecule has 0 saturated heterocycles. The van der Waals surface area contributed by atoms with Crippen molar-refractivity contribution in [1.29, 1.82) is 0 Å². The van der Waals surface area contributed by atoms with Gasteiger partial charge in [-0.15, -0.1) is 0 Å². The van der Waals surface area contributed by atoms with Gasteiger partial charge in [-0.3, -0.25) is 0 Å². The Labute approximate surface area is 85.9 Å². The van der Waals surface area contributed by atoms with Crippen LogP contribution < -0.4 is 0 Å². The number of hydrogen-bond acceptors (Lipinski definition) is 0. The highest BCUT2D eigenvalue weighted by atomic mass is 19.1. The van der Waals surface area contributed by atoms with Crippen molar-refractivity contribution in [2.45, 2.75) is 45.2 Å². The summed E-state index contributed by atoms with van der Waals surface area (Å²) in [7, 11) is 0. The average Bonchev–Trinajstić information content (AvgIpc) is 2.21. The minimum Gasteiger partial charge on any atom is -0.243 e. The summed E-state index contributed by atoms with van der Waals surface area (Å²) in [6.07, 6.45) is 11.0. The SMILES string of the molecule is CC1CCC(C2=CCC(F)C=C2)CC1. The summed E-state index contributed by atoms with van der Waals surface area (Å²) in [5.74, 6) is 1.61. The first-order valence-corrected chi connectivity index (χ1v) is 5.78. The zero-order valence-electron chi connectivity index (χ0n) is 8.88. The molecule has 78 valence electrons. The van der Waals surface area contributed by atoms with E-state index in [9.17, 15) is 4.39 Å². The number of alkyl halides is 1. The summed E-state index contributed by atoms with van der Waals surface area (Å²) in [5.41, 5.74) is 1.39. The maximum Gasteiger partial charge on any atom is 0.122 e.